The highest BCUT2D eigenvalue weighted by Gasteiger charge is 2.33. The molecule has 168 valence electrons. The number of aliphatic imine (C=N–C) groups is 1. The maximum Gasteiger partial charge on any atom is 0.225 e. The van der Waals surface area contributed by atoms with E-state index in [1.807, 2.05) is 77.5 Å². The fraction of sp³-hybridized carbons (Fsp3) is 0.292. The standard InChI is InChI=1S/C24H26N8O/c1-19-7-5-6-10-21(19)29-24(27-16-25)30-13-14-32(22(15-30)20-8-3-2-4-9-20)23(33)11-12-31-18-26-17-28-31/h2-10,17-18,22H,11-15H2,1H3,(H,27,29). The number of aromatic nitrogens is 3. The van der Waals surface area contributed by atoms with Gasteiger partial charge in [-0.05, 0) is 24.1 Å². The molecule has 2 heterocycles. The minimum absolute atomic E-state index is 0.0599. The number of carbonyl (C=O) groups is 1. The summed E-state index contributed by atoms with van der Waals surface area (Å²) in [5.74, 6) is 0.548. The molecule has 1 saturated heterocycles. The number of rotatable bonds is 5. The number of hydrogen-bond acceptors (Lipinski definition) is 5. The summed E-state index contributed by atoms with van der Waals surface area (Å²) in [6.45, 7) is 4.10. The highest BCUT2D eigenvalue weighted by atomic mass is 16.2. The first-order valence-electron chi connectivity index (χ1n) is 10.9. The van der Waals surface area contributed by atoms with Gasteiger partial charge < -0.3 is 15.1 Å². The molecule has 1 N–H and O–H groups in total. The molecule has 1 aliphatic heterocycles. The lowest BCUT2D eigenvalue weighted by Gasteiger charge is -2.42. The molecule has 4 rings (SSSR count). The summed E-state index contributed by atoms with van der Waals surface area (Å²) in [4.78, 5) is 25.1. The Morgan fingerprint density at radius 3 is 2.70 bits per heavy atom. The van der Waals surface area contributed by atoms with Gasteiger partial charge in [-0.15, -0.1) is 4.99 Å². The van der Waals surface area contributed by atoms with E-state index in [1.165, 1.54) is 6.33 Å². The minimum Gasteiger partial charge on any atom is -0.338 e. The third-order valence-electron chi connectivity index (χ3n) is 5.75. The van der Waals surface area contributed by atoms with Crippen molar-refractivity contribution in [2.24, 2.45) is 4.99 Å². The molecule has 3 aromatic rings. The number of benzene rings is 2. The zero-order valence-corrected chi connectivity index (χ0v) is 18.5. The fourth-order valence-electron chi connectivity index (χ4n) is 3.99. The number of piperazine rings is 1. The van der Waals surface area contributed by atoms with Gasteiger partial charge in [0, 0.05) is 31.7 Å². The van der Waals surface area contributed by atoms with Crippen LogP contribution in [0.15, 0.2) is 72.2 Å². The van der Waals surface area contributed by atoms with Crippen LogP contribution in [-0.4, -0.2) is 56.1 Å². The van der Waals surface area contributed by atoms with Crippen LogP contribution in [0.4, 0.5) is 5.69 Å². The van der Waals surface area contributed by atoms with Crippen molar-refractivity contribution in [3.63, 3.8) is 0 Å². The molecule has 1 unspecified atom stereocenters. The predicted octanol–water partition coefficient (Wildman–Crippen LogP) is 2.81. The van der Waals surface area contributed by atoms with Crippen molar-refractivity contribution in [3.8, 4) is 6.19 Å². The van der Waals surface area contributed by atoms with Crippen molar-refractivity contribution in [1.82, 2.24) is 24.6 Å². The first-order valence-corrected chi connectivity index (χ1v) is 10.9. The number of amides is 1. The Morgan fingerprint density at radius 2 is 1.97 bits per heavy atom. The van der Waals surface area contributed by atoms with Crippen LogP contribution in [0.25, 0.3) is 0 Å². The Balaban J connectivity index is 1.54. The summed E-state index contributed by atoms with van der Waals surface area (Å²) < 4.78 is 1.66. The number of carbonyl (C=O) groups excluding carboxylic acids is 1. The largest absolute Gasteiger partial charge is 0.338 e. The van der Waals surface area contributed by atoms with E-state index in [0.29, 0.717) is 38.6 Å². The van der Waals surface area contributed by atoms with E-state index in [4.69, 9.17) is 0 Å². The van der Waals surface area contributed by atoms with Crippen LogP contribution in [0, 0.1) is 18.4 Å². The third-order valence-corrected chi connectivity index (χ3v) is 5.75. The van der Waals surface area contributed by atoms with Crippen molar-refractivity contribution < 1.29 is 4.79 Å². The Bertz CT molecular complexity index is 1140. The average Bonchev–Trinajstić information content (AvgIpc) is 3.37. The number of guanidine groups is 1. The average molecular weight is 443 g/mol. The molecule has 1 aliphatic rings. The molecule has 2 aromatic carbocycles. The summed E-state index contributed by atoms with van der Waals surface area (Å²) >= 11 is 0. The summed E-state index contributed by atoms with van der Waals surface area (Å²) in [6, 6.07) is 17.7. The van der Waals surface area contributed by atoms with Crippen molar-refractivity contribution in [3.05, 3.63) is 78.4 Å². The maximum atomic E-state index is 13.2. The van der Waals surface area contributed by atoms with Gasteiger partial charge in [0.1, 0.15) is 12.7 Å². The molecule has 0 saturated carbocycles. The summed E-state index contributed by atoms with van der Waals surface area (Å²) in [5, 5.41) is 16.7. The Kier molecular flexibility index (Phi) is 6.95. The van der Waals surface area contributed by atoms with Gasteiger partial charge in [0.2, 0.25) is 18.1 Å². The molecule has 33 heavy (non-hydrogen) atoms. The maximum absolute atomic E-state index is 13.2. The van der Waals surface area contributed by atoms with Gasteiger partial charge >= 0.3 is 0 Å². The number of nitriles is 1. The second-order valence-electron chi connectivity index (χ2n) is 7.84. The lowest BCUT2D eigenvalue weighted by molar-refractivity contribution is -0.136. The summed E-state index contributed by atoms with van der Waals surface area (Å²) in [6.07, 6.45) is 5.34. The molecule has 9 nitrogen and oxygen atoms in total. The van der Waals surface area contributed by atoms with Gasteiger partial charge in [0.25, 0.3) is 0 Å². The summed E-state index contributed by atoms with van der Waals surface area (Å²) in [7, 11) is 0. The Labute approximate surface area is 193 Å². The molecule has 9 heteroatoms. The van der Waals surface area contributed by atoms with Gasteiger partial charge in [0.05, 0.1) is 12.6 Å². The number of anilines is 1. The molecular weight excluding hydrogens is 416 g/mol. The molecule has 0 radical (unpaired) electrons. The number of nitrogens with zero attached hydrogens (tertiary/aromatic N) is 7. The van der Waals surface area contributed by atoms with E-state index >= 15 is 0 Å². The van der Waals surface area contributed by atoms with Crippen LogP contribution in [0.5, 0.6) is 0 Å². The lowest BCUT2D eigenvalue weighted by Crippen LogP contribution is -2.53. The lowest BCUT2D eigenvalue weighted by atomic mass is 10.0. The molecule has 1 amide bonds. The first-order chi connectivity index (χ1) is 16.2. The molecule has 1 atom stereocenters. The zero-order chi connectivity index (χ0) is 23.0. The topological polar surface area (TPSA) is 102 Å². The zero-order valence-electron chi connectivity index (χ0n) is 18.5. The second-order valence-corrected chi connectivity index (χ2v) is 7.84. The van der Waals surface area contributed by atoms with Gasteiger partial charge in [-0.2, -0.15) is 10.4 Å². The molecule has 1 aromatic heterocycles. The number of para-hydroxylation sites is 1. The SMILES string of the molecule is Cc1ccccc1N/C(=N/C#N)N1CCN(C(=O)CCn2cncn2)C(c2ccccc2)C1. The van der Waals surface area contributed by atoms with Crippen LogP contribution in [-0.2, 0) is 11.3 Å². The van der Waals surface area contributed by atoms with E-state index in [2.05, 4.69) is 20.4 Å². The predicted molar refractivity (Wildman–Crippen MR) is 125 cm³/mol. The van der Waals surface area contributed by atoms with Gasteiger partial charge in [-0.3, -0.25) is 9.48 Å². The summed E-state index contributed by atoms with van der Waals surface area (Å²) in [5.41, 5.74) is 3.00. The van der Waals surface area contributed by atoms with E-state index in [1.54, 1.807) is 11.0 Å². The second kappa shape index (κ2) is 10.4. The van der Waals surface area contributed by atoms with E-state index < -0.39 is 0 Å². The fourth-order valence-corrected chi connectivity index (χ4v) is 3.99. The Hall–Kier alpha value is -4.19. The van der Waals surface area contributed by atoms with E-state index in [0.717, 1.165) is 16.8 Å². The van der Waals surface area contributed by atoms with Crippen molar-refractivity contribution in [2.45, 2.75) is 25.9 Å². The van der Waals surface area contributed by atoms with Crippen LogP contribution in [0.2, 0.25) is 0 Å². The molecular formula is C24H26N8O. The van der Waals surface area contributed by atoms with E-state index in [-0.39, 0.29) is 11.9 Å². The van der Waals surface area contributed by atoms with Crippen LogP contribution < -0.4 is 5.32 Å². The molecule has 1 fully saturated rings. The highest BCUT2D eigenvalue weighted by Crippen LogP contribution is 2.27. The molecule has 0 spiro atoms. The van der Waals surface area contributed by atoms with Crippen LogP contribution in [0.3, 0.4) is 0 Å². The monoisotopic (exact) mass is 442 g/mol. The number of nitrogens with one attached hydrogen (secondary N) is 1. The van der Waals surface area contributed by atoms with Crippen molar-refractivity contribution in [2.75, 3.05) is 25.0 Å². The Morgan fingerprint density at radius 1 is 1.18 bits per heavy atom. The van der Waals surface area contributed by atoms with Gasteiger partial charge in [0.15, 0.2) is 0 Å². The molecule has 0 aliphatic carbocycles. The van der Waals surface area contributed by atoms with Crippen molar-refractivity contribution in [1.29, 1.82) is 5.26 Å². The van der Waals surface area contributed by atoms with Crippen molar-refractivity contribution >= 4 is 17.6 Å². The highest BCUT2D eigenvalue weighted by molar-refractivity contribution is 5.95. The minimum atomic E-state index is -0.161. The van der Waals surface area contributed by atoms with E-state index in [9.17, 15) is 10.1 Å². The normalized spacial score (nSPS) is 16.4. The number of hydrogen-bond donors (Lipinski definition) is 1. The van der Waals surface area contributed by atoms with Crippen LogP contribution >= 0.6 is 0 Å². The quantitative estimate of drug-likeness (QED) is 0.370. The van der Waals surface area contributed by atoms with Crippen LogP contribution in [0.1, 0.15) is 23.6 Å². The van der Waals surface area contributed by atoms with Gasteiger partial charge in [-0.25, -0.2) is 4.98 Å². The molecule has 0 bridgehead atoms. The third kappa shape index (κ3) is 5.36. The number of aryl methyl sites for hydroxylation is 2. The first kappa shape index (κ1) is 22.0. The smallest absolute Gasteiger partial charge is 0.225 e. The van der Waals surface area contributed by atoms with Gasteiger partial charge in [-0.1, -0.05) is 48.5 Å².